The highest BCUT2D eigenvalue weighted by molar-refractivity contribution is 5.95. The molecule has 1 aliphatic carbocycles. The summed E-state index contributed by atoms with van der Waals surface area (Å²) in [6.07, 6.45) is 1.78. The van der Waals surface area contributed by atoms with Crippen LogP contribution in [0.25, 0.3) is 0 Å². The van der Waals surface area contributed by atoms with Crippen molar-refractivity contribution in [2.75, 3.05) is 6.54 Å². The molecule has 0 aromatic heterocycles. The van der Waals surface area contributed by atoms with Gasteiger partial charge in [0.2, 0.25) is 0 Å². The molecule has 0 saturated heterocycles. The van der Waals surface area contributed by atoms with Crippen LogP contribution >= 0.6 is 0 Å². The van der Waals surface area contributed by atoms with E-state index < -0.39 is 0 Å². The summed E-state index contributed by atoms with van der Waals surface area (Å²) in [6.45, 7) is 0.419. The van der Waals surface area contributed by atoms with E-state index in [1.165, 1.54) is 18.2 Å². The molecule has 16 heavy (non-hydrogen) atoms. The molecule has 0 atom stereocenters. The van der Waals surface area contributed by atoms with Crippen LogP contribution < -0.4 is 11.1 Å². The van der Waals surface area contributed by atoms with Crippen LogP contribution in [0.2, 0.25) is 0 Å². The van der Waals surface area contributed by atoms with Crippen molar-refractivity contribution in [3.05, 3.63) is 23.8 Å². The molecule has 1 aromatic rings. The Balaban J connectivity index is 2.12. The van der Waals surface area contributed by atoms with Crippen LogP contribution in [0.4, 0.5) is 0 Å². The van der Waals surface area contributed by atoms with Crippen molar-refractivity contribution >= 4 is 5.91 Å². The number of rotatable bonds is 3. The number of amides is 1. The number of phenols is 2. The first-order valence-electron chi connectivity index (χ1n) is 5.11. The van der Waals surface area contributed by atoms with Gasteiger partial charge in [0.25, 0.3) is 5.91 Å². The summed E-state index contributed by atoms with van der Waals surface area (Å²) in [7, 11) is 0. The molecule has 2 rings (SSSR count). The molecule has 1 fully saturated rings. The third-order valence-corrected chi connectivity index (χ3v) is 2.86. The second-order valence-electron chi connectivity index (χ2n) is 4.14. The van der Waals surface area contributed by atoms with E-state index in [1.807, 2.05) is 0 Å². The summed E-state index contributed by atoms with van der Waals surface area (Å²) in [5.74, 6) is -0.819. The van der Waals surface area contributed by atoms with Gasteiger partial charge in [0.1, 0.15) is 0 Å². The standard InChI is InChI=1S/C11H14N2O3/c12-6-11(3-4-11)13-10(16)7-1-2-8(14)9(15)5-7/h1-2,5,14-15H,3-4,6,12H2,(H,13,16). The molecule has 0 heterocycles. The molecule has 1 aromatic carbocycles. The first-order chi connectivity index (χ1) is 7.56. The molecule has 0 spiro atoms. The highest BCUT2D eigenvalue weighted by atomic mass is 16.3. The first kappa shape index (κ1) is 10.8. The lowest BCUT2D eigenvalue weighted by atomic mass is 10.1. The number of nitrogens with one attached hydrogen (secondary N) is 1. The van der Waals surface area contributed by atoms with Gasteiger partial charge in [-0.25, -0.2) is 0 Å². The average Bonchev–Trinajstić information content (AvgIpc) is 3.02. The second-order valence-corrected chi connectivity index (χ2v) is 4.14. The fourth-order valence-electron chi connectivity index (χ4n) is 1.51. The molecule has 1 amide bonds. The lowest BCUT2D eigenvalue weighted by molar-refractivity contribution is 0.0932. The molecule has 5 heteroatoms. The van der Waals surface area contributed by atoms with E-state index in [4.69, 9.17) is 10.8 Å². The fourth-order valence-corrected chi connectivity index (χ4v) is 1.51. The predicted molar refractivity (Wildman–Crippen MR) is 58.3 cm³/mol. The summed E-state index contributed by atoms with van der Waals surface area (Å²) in [4.78, 5) is 11.8. The smallest absolute Gasteiger partial charge is 0.251 e. The van der Waals surface area contributed by atoms with Gasteiger partial charge in [-0.15, -0.1) is 0 Å². The van der Waals surface area contributed by atoms with Gasteiger partial charge < -0.3 is 21.3 Å². The van der Waals surface area contributed by atoms with Gasteiger partial charge in [0.15, 0.2) is 11.5 Å². The third kappa shape index (κ3) is 1.94. The lowest BCUT2D eigenvalue weighted by Crippen LogP contribution is -2.42. The van der Waals surface area contributed by atoms with E-state index in [-0.39, 0.29) is 22.9 Å². The van der Waals surface area contributed by atoms with Crippen molar-refractivity contribution in [3.63, 3.8) is 0 Å². The Morgan fingerprint density at radius 3 is 2.56 bits per heavy atom. The highest BCUT2D eigenvalue weighted by Gasteiger charge is 2.42. The van der Waals surface area contributed by atoms with E-state index in [0.717, 1.165) is 12.8 Å². The quantitative estimate of drug-likeness (QED) is 0.554. The van der Waals surface area contributed by atoms with Gasteiger partial charge in [-0.2, -0.15) is 0 Å². The topological polar surface area (TPSA) is 95.6 Å². The Labute approximate surface area is 92.9 Å². The van der Waals surface area contributed by atoms with Gasteiger partial charge in [-0.05, 0) is 31.0 Å². The minimum absolute atomic E-state index is 0.239. The van der Waals surface area contributed by atoms with E-state index in [9.17, 15) is 9.90 Å². The molecule has 0 unspecified atom stereocenters. The predicted octanol–water partition coefficient (Wildman–Crippen LogP) is 0.319. The zero-order valence-corrected chi connectivity index (χ0v) is 8.73. The Morgan fingerprint density at radius 1 is 1.38 bits per heavy atom. The summed E-state index contributed by atoms with van der Waals surface area (Å²) in [5.41, 5.74) is 5.60. The van der Waals surface area contributed by atoms with Gasteiger partial charge in [-0.1, -0.05) is 0 Å². The van der Waals surface area contributed by atoms with Crippen molar-refractivity contribution in [1.82, 2.24) is 5.32 Å². The minimum Gasteiger partial charge on any atom is -0.504 e. The van der Waals surface area contributed by atoms with Crippen LogP contribution in [0, 0.1) is 0 Å². The maximum absolute atomic E-state index is 11.8. The SMILES string of the molecule is NCC1(NC(=O)c2ccc(O)c(O)c2)CC1. The van der Waals surface area contributed by atoms with Crippen molar-refractivity contribution in [3.8, 4) is 11.5 Å². The number of carbonyl (C=O) groups is 1. The maximum atomic E-state index is 11.8. The molecule has 0 bridgehead atoms. The average molecular weight is 222 g/mol. The molecule has 1 aliphatic rings. The second kappa shape index (κ2) is 3.68. The van der Waals surface area contributed by atoms with Gasteiger partial charge in [-0.3, -0.25) is 4.79 Å². The van der Waals surface area contributed by atoms with E-state index in [0.29, 0.717) is 12.1 Å². The van der Waals surface area contributed by atoms with E-state index in [2.05, 4.69) is 5.32 Å². The molecule has 86 valence electrons. The molecule has 5 N–H and O–H groups in total. The van der Waals surface area contributed by atoms with Gasteiger partial charge in [0.05, 0.1) is 5.54 Å². The molecule has 1 saturated carbocycles. The Kier molecular flexibility index (Phi) is 2.47. The molecular weight excluding hydrogens is 208 g/mol. The van der Waals surface area contributed by atoms with Gasteiger partial charge in [0, 0.05) is 12.1 Å². The number of hydrogen-bond donors (Lipinski definition) is 4. The zero-order valence-electron chi connectivity index (χ0n) is 8.73. The number of nitrogens with two attached hydrogens (primary N) is 1. The van der Waals surface area contributed by atoms with Crippen LogP contribution in [0.3, 0.4) is 0 Å². The van der Waals surface area contributed by atoms with Crippen LogP contribution in [-0.2, 0) is 0 Å². The van der Waals surface area contributed by atoms with E-state index >= 15 is 0 Å². The van der Waals surface area contributed by atoms with E-state index in [1.54, 1.807) is 0 Å². The maximum Gasteiger partial charge on any atom is 0.251 e. The Bertz CT molecular complexity index is 427. The number of carbonyl (C=O) groups excluding carboxylic acids is 1. The summed E-state index contributed by atoms with van der Waals surface area (Å²) < 4.78 is 0. The molecule has 0 aliphatic heterocycles. The normalized spacial score (nSPS) is 16.8. The molecule has 5 nitrogen and oxygen atoms in total. The fraction of sp³-hybridized carbons (Fsp3) is 0.364. The van der Waals surface area contributed by atoms with Crippen molar-refractivity contribution in [1.29, 1.82) is 0 Å². The monoisotopic (exact) mass is 222 g/mol. The van der Waals surface area contributed by atoms with Crippen molar-refractivity contribution < 1.29 is 15.0 Å². The Morgan fingerprint density at radius 2 is 2.06 bits per heavy atom. The van der Waals surface area contributed by atoms with Crippen molar-refractivity contribution in [2.45, 2.75) is 18.4 Å². The number of phenolic OH excluding ortho intramolecular Hbond substituents is 2. The molecule has 0 radical (unpaired) electrons. The van der Waals surface area contributed by atoms with Gasteiger partial charge >= 0.3 is 0 Å². The first-order valence-corrected chi connectivity index (χ1v) is 5.11. The minimum atomic E-state index is -0.301. The van der Waals surface area contributed by atoms with Crippen LogP contribution in [-0.4, -0.2) is 28.2 Å². The van der Waals surface area contributed by atoms with Crippen LogP contribution in [0.1, 0.15) is 23.2 Å². The number of benzene rings is 1. The van der Waals surface area contributed by atoms with Crippen LogP contribution in [0.15, 0.2) is 18.2 Å². The molecular formula is C11H14N2O3. The summed E-state index contributed by atoms with van der Waals surface area (Å²) >= 11 is 0. The van der Waals surface area contributed by atoms with Crippen LogP contribution in [0.5, 0.6) is 11.5 Å². The Hall–Kier alpha value is -1.75. The zero-order chi connectivity index (χ0) is 11.8. The lowest BCUT2D eigenvalue weighted by Gasteiger charge is -2.14. The highest BCUT2D eigenvalue weighted by Crippen LogP contribution is 2.34. The van der Waals surface area contributed by atoms with Crippen molar-refractivity contribution in [2.24, 2.45) is 5.73 Å². The summed E-state index contributed by atoms with van der Waals surface area (Å²) in [5, 5.41) is 21.2. The third-order valence-electron chi connectivity index (χ3n) is 2.86. The summed E-state index contributed by atoms with van der Waals surface area (Å²) in [6, 6.07) is 3.97. The number of hydrogen-bond acceptors (Lipinski definition) is 4. The largest absolute Gasteiger partial charge is 0.504 e. The number of aromatic hydroxyl groups is 2.